The van der Waals surface area contributed by atoms with Gasteiger partial charge in [-0.15, -0.1) is 0 Å². The predicted molar refractivity (Wildman–Crippen MR) is 83.3 cm³/mol. The molecule has 2 rings (SSSR count). The maximum Gasteiger partial charge on any atom is 0.337 e. The minimum absolute atomic E-state index is 0.0944. The SMILES string of the molecule is CCOc1ccccc1CNc1ccc(C(=O)O)c(Cl)c1. The summed E-state index contributed by atoms with van der Waals surface area (Å²) in [7, 11) is 0. The maximum atomic E-state index is 10.9. The fraction of sp³-hybridized carbons (Fsp3) is 0.188. The Balaban J connectivity index is 2.10. The van der Waals surface area contributed by atoms with Gasteiger partial charge in [0, 0.05) is 17.8 Å². The highest BCUT2D eigenvalue weighted by atomic mass is 35.5. The predicted octanol–water partition coefficient (Wildman–Crippen LogP) is 4.05. The first-order chi connectivity index (χ1) is 10.1. The van der Waals surface area contributed by atoms with Crippen LogP contribution in [-0.4, -0.2) is 17.7 Å². The van der Waals surface area contributed by atoms with Crippen LogP contribution in [0.25, 0.3) is 0 Å². The van der Waals surface area contributed by atoms with Crippen molar-refractivity contribution >= 4 is 23.3 Å². The van der Waals surface area contributed by atoms with E-state index in [2.05, 4.69) is 5.32 Å². The fourth-order valence-corrected chi connectivity index (χ4v) is 2.20. The van der Waals surface area contributed by atoms with E-state index in [1.807, 2.05) is 31.2 Å². The molecule has 0 saturated carbocycles. The molecule has 21 heavy (non-hydrogen) atoms. The number of aromatic carboxylic acids is 1. The molecule has 2 N–H and O–H groups in total. The number of halogens is 1. The summed E-state index contributed by atoms with van der Waals surface area (Å²) in [6.45, 7) is 3.11. The van der Waals surface area contributed by atoms with E-state index in [9.17, 15) is 4.79 Å². The third kappa shape index (κ3) is 3.89. The van der Waals surface area contributed by atoms with Gasteiger partial charge in [-0.25, -0.2) is 4.79 Å². The summed E-state index contributed by atoms with van der Waals surface area (Å²) < 4.78 is 5.56. The second kappa shape index (κ2) is 6.99. The second-order valence-corrected chi connectivity index (χ2v) is 4.80. The maximum absolute atomic E-state index is 10.9. The zero-order valence-corrected chi connectivity index (χ0v) is 12.4. The van der Waals surface area contributed by atoms with Crippen molar-refractivity contribution in [3.8, 4) is 5.75 Å². The number of para-hydroxylation sites is 1. The summed E-state index contributed by atoms with van der Waals surface area (Å²) >= 11 is 5.94. The summed E-state index contributed by atoms with van der Waals surface area (Å²) in [6.07, 6.45) is 0. The lowest BCUT2D eigenvalue weighted by Gasteiger charge is -2.12. The number of hydrogen-bond donors (Lipinski definition) is 2. The van der Waals surface area contributed by atoms with Gasteiger partial charge in [-0.05, 0) is 31.2 Å². The number of nitrogens with one attached hydrogen (secondary N) is 1. The van der Waals surface area contributed by atoms with Crippen molar-refractivity contribution in [1.29, 1.82) is 0 Å². The second-order valence-electron chi connectivity index (χ2n) is 4.39. The van der Waals surface area contributed by atoms with E-state index in [-0.39, 0.29) is 10.6 Å². The van der Waals surface area contributed by atoms with Crippen LogP contribution in [0.2, 0.25) is 5.02 Å². The molecule has 0 saturated heterocycles. The van der Waals surface area contributed by atoms with E-state index in [0.29, 0.717) is 13.2 Å². The molecule has 0 aliphatic heterocycles. The summed E-state index contributed by atoms with van der Waals surface area (Å²) in [5.74, 6) is -0.200. The van der Waals surface area contributed by atoms with E-state index in [4.69, 9.17) is 21.4 Å². The Morgan fingerprint density at radius 2 is 2.05 bits per heavy atom. The van der Waals surface area contributed by atoms with Gasteiger partial charge in [-0.3, -0.25) is 0 Å². The minimum atomic E-state index is -1.03. The lowest BCUT2D eigenvalue weighted by Crippen LogP contribution is -2.04. The third-order valence-corrected chi connectivity index (χ3v) is 3.27. The van der Waals surface area contributed by atoms with Crippen LogP contribution in [0.4, 0.5) is 5.69 Å². The standard InChI is InChI=1S/C16H16ClNO3/c1-2-21-15-6-4-3-5-11(15)10-18-12-7-8-13(16(19)20)14(17)9-12/h3-9,18H,2,10H2,1H3,(H,19,20). The van der Waals surface area contributed by atoms with Gasteiger partial charge in [-0.1, -0.05) is 29.8 Å². The number of carbonyl (C=O) groups is 1. The van der Waals surface area contributed by atoms with E-state index in [1.54, 1.807) is 12.1 Å². The van der Waals surface area contributed by atoms with E-state index in [0.717, 1.165) is 17.0 Å². The average Bonchev–Trinajstić information content (AvgIpc) is 2.46. The average molecular weight is 306 g/mol. The van der Waals surface area contributed by atoms with Crippen LogP contribution < -0.4 is 10.1 Å². The number of anilines is 1. The smallest absolute Gasteiger partial charge is 0.337 e. The molecule has 2 aromatic rings. The van der Waals surface area contributed by atoms with Crippen LogP contribution in [0, 0.1) is 0 Å². The van der Waals surface area contributed by atoms with Crippen molar-refractivity contribution in [2.45, 2.75) is 13.5 Å². The molecule has 5 heteroatoms. The number of hydrogen-bond acceptors (Lipinski definition) is 3. The van der Waals surface area contributed by atoms with Gasteiger partial charge in [-0.2, -0.15) is 0 Å². The van der Waals surface area contributed by atoms with Gasteiger partial charge < -0.3 is 15.2 Å². The Morgan fingerprint density at radius 3 is 2.71 bits per heavy atom. The van der Waals surface area contributed by atoms with Crippen LogP contribution in [0.5, 0.6) is 5.75 Å². The van der Waals surface area contributed by atoms with E-state index in [1.165, 1.54) is 6.07 Å². The molecule has 0 spiro atoms. The lowest BCUT2D eigenvalue weighted by atomic mass is 10.1. The first-order valence-corrected chi connectivity index (χ1v) is 6.97. The molecule has 0 aliphatic rings. The molecular weight excluding hydrogens is 290 g/mol. The van der Waals surface area contributed by atoms with Crippen LogP contribution in [0.15, 0.2) is 42.5 Å². The molecule has 0 radical (unpaired) electrons. The van der Waals surface area contributed by atoms with Crippen molar-refractivity contribution in [3.05, 3.63) is 58.6 Å². The Kier molecular flexibility index (Phi) is 5.06. The van der Waals surface area contributed by atoms with Crippen molar-refractivity contribution < 1.29 is 14.6 Å². The van der Waals surface area contributed by atoms with Gasteiger partial charge in [0.15, 0.2) is 0 Å². The summed E-state index contributed by atoms with van der Waals surface area (Å²) in [6, 6.07) is 12.5. The molecule has 0 heterocycles. The van der Waals surface area contributed by atoms with Gasteiger partial charge >= 0.3 is 5.97 Å². The minimum Gasteiger partial charge on any atom is -0.494 e. The lowest BCUT2D eigenvalue weighted by molar-refractivity contribution is 0.0697. The Labute approximate surface area is 128 Å². The number of carboxylic acids is 1. The van der Waals surface area contributed by atoms with Gasteiger partial charge in [0.2, 0.25) is 0 Å². The Bertz CT molecular complexity index is 643. The van der Waals surface area contributed by atoms with Crippen molar-refractivity contribution in [2.75, 3.05) is 11.9 Å². The Hall–Kier alpha value is -2.20. The van der Waals surface area contributed by atoms with Crippen LogP contribution in [-0.2, 0) is 6.54 Å². The largest absolute Gasteiger partial charge is 0.494 e. The van der Waals surface area contributed by atoms with Gasteiger partial charge in [0.1, 0.15) is 5.75 Å². The zero-order chi connectivity index (χ0) is 15.2. The zero-order valence-electron chi connectivity index (χ0n) is 11.6. The van der Waals surface area contributed by atoms with Crippen LogP contribution >= 0.6 is 11.6 Å². The monoisotopic (exact) mass is 305 g/mol. The first-order valence-electron chi connectivity index (χ1n) is 6.59. The molecule has 0 aromatic heterocycles. The first kappa shape index (κ1) is 15.2. The number of benzene rings is 2. The Morgan fingerprint density at radius 1 is 1.29 bits per heavy atom. The quantitative estimate of drug-likeness (QED) is 0.845. The molecular formula is C16H16ClNO3. The van der Waals surface area contributed by atoms with Gasteiger partial charge in [0.25, 0.3) is 0 Å². The van der Waals surface area contributed by atoms with Crippen molar-refractivity contribution in [3.63, 3.8) is 0 Å². The molecule has 0 amide bonds. The molecule has 0 aliphatic carbocycles. The molecule has 0 atom stereocenters. The topological polar surface area (TPSA) is 58.6 Å². The molecule has 2 aromatic carbocycles. The number of ether oxygens (including phenoxy) is 1. The summed E-state index contributed by atoms with van der Waals surface area (Å²) in [4.78, 5) is 10.9. The highest BCUT2D eigenvalue weighted by molar-refractivity contribution is 6.33. The number of carboxylic acid groups (broad SMARTS) is 1. The molecule has 0 fully saturated rings. The summed E-state index contributed by atoms with van der Waals surface area (Å²) in [5.41, 5.74) is 1.88. The molecule has 4 nitrogen and oxygen atoms in total. The van der Waals surface area contributed by atoms with E-state index >= 15 is 0 Å². The fourth-order valence-electron chi connectivity index (χ4n) is 1.94. The highest BCUT2D eigenvalue weighted by Crippen LogP contribution is 2.23. The molecule has 0 bridgehead atoms. The summed E-state index contributed by atoms with van der Waals surface area (Å²) in [5, 5.41) is 12.4. The van der Waals surface area contributed by atoms with Crippen molar-refractivity contribution in [2.24, 2.45) is 0 Å². The molecule has 110 valence electrons. The van der Waals surface area contributed by atoms with Gasteiger partial charge in [0.05, 0.1) is 17.2 Å². The molecule has 0 unspecified atom stereocenters. The number of rotatable bonds is 6. The third-order valence-electron chi connectivity index (χ3n) is 2.95. The highest BCUT2D eigenvalue weighted by Gasteiger charge is 2.09. The van der Waals surface area contributed by atoms with Crippen LogP contribution in [0.1, 0.15) is 22.8 Å². The van der Waals surface area contributed by atoms with E-state index < -0.39 is 5.97 Å². The normalized spacial score (nSPS) is 10.2. The van der Waals surface area contributed by atoms with Crippen molar-refractivity contribution in [1.82, 2.24) is 0 Å². The van der Waals surface area contributed by atoms with Crippen LogP contribution in [0.3, 0.4) is 0 Å².